The Morgan fingerprint density at radius 3 is 2.08 bits per heavy atom. The number of phenolic OH excluding ortho intramolecular Hbond substituents is 1. The fourth-order valence-electron chi connectivity index (χ4n) is 3.71. The number of hydrogen-bond acceptors (Lipinski definition) is 2. The number of hydrogen-bond donors (Lipinski definition) is 3. The fraction of sp³-hybridized carbons (Fsp3) is 0.208. The summed E-state index contributed by atoms with van der Waals surface area (Å²) in [5.41, 5.74) is -4.24. The van der Waals surface area contributed by atoms with Crippen LogP contribution in [-0.2, 0) is 18.1 Å². The topological polar surface area (TPSA) is 61.4 Å². The first-order chi connectivity index (χ1) is 16.7. The number of urea groups is 1. The van der Waals surface area contributed by atoms with E-state index in [0.717, 1.165) is 18.2 Å². The van der Waals surface area contributed by atoms with Crippen molar-refractivity contribution >= 4 is 6.03 Å². The van der Waals surface area contributed by atoms with Crippen molar-refractivity contribution in [3.05, 3.63) is 101 Å². The summed E-state index contributed by atoms with van der Waals surface area (Å²) in [6, 6.07) is 10.5. The highest BCUT2D eigenvalue weighted by molar-refractivity contribution is 5.76. The van der Waals surface area contributed by atoms with Crippen LogP contribution >= 0.6 is 0 Å². The van der Waals surface area contributed by atoms with Gasteiger partial charge in [-0.3, -0.25) is 0 Å². The average molecular weight is 518 g/mol. The monoisotopic (exact) mass is 518 g/mol. The van der Waals surface area contributed by atoms with E-state index >= 15 is 0 Å². The van der Waals surface area contributed by atoms with Crippen molar-refractivity contribution in [3.63, 3.8) is 0 Å². The van der Waals surface area contributed by atoms with Gasteiger partial charge in [0.2, 0.25) is 0 Å². The van der Waals surface area contributed by atoms with Gasteiger partial charge in [0.05, 0.1) is 11.1 Å². The molecule has 0 radical (unpaired) electrons. The number of aromatic hydroxyl groups is 1. The molecule has 0 aliphatic heterocycles. The molecular weight excluding hydrogens is 500 g/mol. The van der Waals surface area contributed by atoms with Crippen molar-refractivity contribution in [1.29, 1.82) is 0 Å². The molecule has 0 saturated carbocycles. The summed E-state index contributed by atoms with van der Waals surface area (Å²) in [6.07, 6.45) is -10.4. The van der Waals surface area contributed by atoms with E-state index in [1.807, 2.05) is 0 Å². The Hall–Kier alpha value is -3.83. The Bertz CT molecular complexity index is 1210. The average Bonchev–Trinajstić information content (AvgIpc) is 2.76. The smallest absolute Gasteiger partial charge is 0.419 e. The van der Waals surface area contributed by atoms with Crippen molar-refractivity contribution in [2.24, 2.45) is 0 Å². The van der Waals surface area contributed by atoms with Crippen molar-refractivity contribution in [3.8, 4) is 5.75 Å². The minimum atomic E-state index is -5.17. The molecule has 0 aromatic heterocycles. The van der Waals surface area contributed by atoms with Crippen molar-refractivity contribution in [2.75, 3.05) is 6.54 Å². The molecule has 0 saturated heterocycles. The molecule has 0 spiro atoms. The normalized spacial score (nSPS) is 13.7. The molecule has 36 heavy (non-hydrogen) atoms. The summed E-state index contributed by atoms with van der Waals surface area (Å²) in [4.78, 5) is 12.6. The number of carbonyl (C=O) groups excluding carboxylic acids is 1. The van der Waals surface area contributed by atoms with Crippen molar-refractivity contribution < 1.29 is 45.0 Å². The van der Waals surface area contributed by atoms with E-state index in [4.69, 9.17) is 0 Å². The van der Waals surface area contributed by atoms with Crippen molar-refractivity contribution in [1.82, 2.24) is 10.6 Å². The standard InChI is InChI=1S/C24H18F8N2O2/c25-17-8-16(9-18(35)11-17)22(12-14-4-2-1-3-5-14,34-21(36)33-13-23(27,28)29)15-6-7-20(26)19(10-15)24(30,31)32/h1-11,35H,12-13H2,(H2,33,34,36). The Labute approximate surface area is 199 Å². The molecule has 0 bridgehead atoms. The van der Waals surface area contributed by atoms with E-state index in [-0.39, 0.29) is 5.56 Å². The van der Waals surface area contributed by atoms with Crippen LogP contribution in [0, 0.1) is 11.6 Å². The minimum absolute atomic E-state index is 0.300. The molecule has 12 heteroatoms. The molecule has 3 aromatic carbocycles. The third kappa shape index (κ3) is 6.43. The van der Waals surface area contributed by atoms with Crippen molar-refractivity contribution in [2.45, 2.75) is 24.3 Å². The van der Waals surface area contributed by atoms with Gasteiger partial charge in [0, 0.05) is 12.5 Å². The number of nitrogens with one attached hydrogen (secondary N) is 2. The number of amides is 2. The number of halogens is 8. The van der Waals surface area contributed by atoms with Crippen LogP contribution in [0.3, 0.4) is 0 Å². The summed E-state index contributed by atoms with van der Waals surface area (Å²) in [5, 5.41) is 13.8. The van der Waals surface area contributed by atoms with Gasteiger partial charge in [0.1, 0.15) is 23.9 Å². The zero-order valence-electron chi connectivity index (χ0n) is 18.1. The maximum atomic E-state index is 14.3. The lowest BCUT2D eigenvalue weighted by Gasteiger charge is -2.37. The summed E-state index contributed by atoms with van der Waals surface area (Å²) >= 11 is 0. The highest BCUT2D eigenvalue weighted by Crippen LogP contribution is 2.39. The molecule has 4 nitrogen and oxygen atoms in total. The van der Waals surface area contributed by atoms with Crippen LogP contribution in [0.4, 0.5) is 39.9 Å². The first kappa shape index (κ1) is 26.8. The van der Waals surface area contributed by atoms with Gasteiger partial charge >= 0.3 is 18.4 Å². The van der Waals surface area contributed by atoms with Crippen LogP contribution < -0.4 is 10.6 Å². The maximum absolute atomic E-state index is 14.3. The Morgan fingerprint density at radius 2 is 1.50 bits per heavy atom. The van der Waals surface area contributed by atoms with Gasteiger partial charge in [-0.15, -0.1) is 0 Å². The van der Waals surface area contributed by atoms with Gasteiger partial charge in [-0.25, -0.2) is 13.6 Å². The maximum Gasteiger partial charge on any atom is 0.419 e. The van der Waals surface area contributed by atoms with E-state index in [1.165, 1.54) is 12.1 Å². The second kappa shape index (κ2) is 10.0. The molecule has 3 N–H and O–H groups in total. The first-order valence-electron chi connectivity index (χ1n) is 10.2. The zero-order valence-corrected chi connectivity index (χ0v) is 18.1. The van der Waals surface area contributed by atoms with Gasteiger partial charge in [-0.2, -0.15) is 26.3 Å². The summed E-state index contributed by atoms with van der Waals surface area (Å²) in [7, 11) is 0. The molecule has 0 aliphatic rings. The number of rotatable bonds is 6. The predicted molar refractivity (Wildman–Crippen MR) is 113 cm³/mol. The third-order valence-corrected chi connectivity index (χ3v) is 5.23. The van der Waals surface area contributed by atoms with E-state index in [9.17, 15) is 45.0 Å². The molecule has 3 aromatic rings. The first-order valence-corrected chi connectivity index (χ1v) is 10.2. The SMILES string of the molecule is O=C(NCC(F)(F)F)NC(Cc1ccccc1)(c1cc(O)cc(F)c1)c1ccc(F)c(C(F)(F)F)c1. The molecule has 0 heterocycles. The van der Waals surface area contributed by atoms with Gasteiger partial charge in [0.25, 0.3) is 0 Å². The Balaban J connectivity index is 2.28. The Kier molecular flexibility index (Phi) is 7.46. The Morgan fingerprint density at radius 1 is 0.833 bits per heavy atom. The predicted octanol–water partition coefficient (Wildman–Crippen LogP) is 6.04. The van der Waals surface area contributed by atoms with E-state index < -0.39 is 65.4 Å². The molecular formula is C24H18F8N2O2. The molecule has 0 fully saturated rings. The van der Waals surface area contributed by atoms with Crippen LogP contribution in [0.25, 0.3) is 0 Å². The third-order valence-electron chi connectivity index (χ3n) is 5.23. The lowest BCUT2D eigenvalue weighted by molar-refractivity contribution is -0.140. The lowest BCUT2D eigenvalue weighted by Crippen LogP contribution is -2.53. The molecule has 2 amide bonds. The van der Waals surface area contributed by atoms with Crippen LogP contribution in [-0.4, -0.2) is 23.9 Å². The summed E-state index contributed by atoms with van der Waals surface area (Å²) in [6.45, 7) is -1.77. The highest BCUT2D eigenvalue weighted by atomic mass is 19.4. The number of phenols is 1. The van der Waals surface area contributed by atoms with Gasteiger partial charge in [-0.1, -0.05) is 36.4 Å². The molecule has 0 aliphatic carbocycles. The lowest BCUT2D eigenvalue weighted by atomic mass is 9.77. The van der Waals surface area contributed by atoms with Crippen LogP contribution in [0.15, 0.2) is 66.7 Å². The van der Waals surface area contributed by atoms with Crippen LogP contribution in [0.5, 0.6) is 5.75 Å². The second-order valence-corrected chi connectivity index (χ2v) is 7.88. The molecule has 1 atom stereocenters. The number of carbonyl (C=O) groups is 1. The fourth-order valence-corrected chi connectivity index (χ4v) is 3.71. The van der Waals surface area contributed by atoms with E-state index in [2.05, 4.69) is 5.32 Å². The van der Waals surface area contributed by atoms with Crippen LogP contribution in [0.1, 0.15) is 22.3 Å². The number of benzene rings is 3. The summed E-state index contributed by atoms with van der Waals surface area (Å²) < 4.78 is 107. The zero-order chi connectivity index (χ0) is 26.7. The van der Waals surface area contributed by atoms with Gasteiger partial charge in [-0.05, 0) is 41.0 Å². The minimum Gasteiger partial charge on any atom is -0.508 e. The van der Waals surface area contributed by atoms with Gasteiger partial charge in [0.15, 0.2) is 0 Å². The second-order valence-electron chi connectivity index (χ2n) is 7.88. The van der Waals surface area contributed by atoms with Gasteiger partial charge < -0.3 is 15.7 Å². The molecule has 1 unspecified atom stereocenters. The van der Waals surface area contributed by atoms with E-state index in [0.29, 0.717) is 23.8 Å². The quantitative estimate of drug-likeness (QED) is 0.349. The largest absolute Gasteiger partial charge is 0.508 e. The van der Waals surface area contributed by atoms with Crippen LogP contribution in [0.2, 0.25) is 0 Å². The number of alkyl halides is 6. The van der Waals surface area contributed by atoms with E-state index in [1.54, 1.807) is 23.5 Å². The summed E-state index contributed by atoms with van der Waals surface area (Å²) in [5.74, 6) is -3.35. The molecule has 192 valence electrons. The molecule has 3 rings (SSSR count). The highest BCUT2D eigenvalue weighted by Gasteiger charge is 2.41.